The van der Waals surface area contributed by atoms with Crippen LogP contribution in [0.2, 0.25) is 0 Å². The number of hydrogen-bond donors (Lipinski definition) is 1. The molecule has 20 heavy (non-hydrogen) atoms. The number of benzene rings is 1. The molecule has 1 N–H and O–H groups in total. The van der Waals surface area contributed by atoms with Crippen LogP contribution in [0.4, 0.5) is 0 Å². The maximum atomic E-state index is 5.68. The Morgan fingerprint density at radius 2 is 2.10 bits per heavy atom. The van der Waals surface area contributed by atoms with Crippen LogP contribution < -0.4 is 5.32 Å². The van der Waals surface area contributed by atoms with Crippen LogP contribution in [0.5, 0.6) is 0 Å². The Kier molecular flexibility index (Phi) is 4.55. The van der Waals surface area contributed by atoms with Crippen molar-refractivity contribution in [3.8, 4) is 0 Å². The molecule has 106 valence electrons. The zero-order valence-electron chi connectivity index (χ0n) is 11.3. The molecule has 0 aliphatic heterocycles. The molecule has 2 aromatic rings. The van der Waals surface area contributed by atoms with E-state index in [2.05, 4.69) is 39.4 Å². The van der Waals surface area contributed by atoms with Gasteiger partial charge in [0.1, 0.15) is 12.4 Å². The van der Waals surface area contributed by atoms with Crippen LogP contribution in [0.1, 0.15) is 29.7 Å². The number of ether oxygens (including phenoxy) is 1. The zero-order valence-corrected chi connectivity index (χ0v) is 12.9. The van der Waals surface area contributed by atoms with Gasteiger partial charge < -0.3 is 14.5 Å². The lowest BCUT2D eigenvalue weighted by molar-refractivity contribution is 0.0929. The lowest BCUT2D eigenvalue weighted by Crippen LogP contribution is -2.14. The summed E-state index contributed by atoms with van der Waals surface area (Å²) in [6.07, 6.45) is 4.42. The van der Waals surface area contributed by atoms with Gasteiger partial charge >= 0.3 is 0 Å². The molecular formula is C16H18BrNO2. The average Bonchev–Trinajstić information content (AvgIpc) is 3.16. The molecule has 3 nitrogen and oxygen atoms in total. The molecule has 0 bridgehead atoms. The molecule has 1 fully saturated rings. The molecule has 0 atom stereocenters. The van der Waals surface area contributed by atoms with Crippen LogP contribution in [0.15, 0.2) is 45.5 Å². The van der Waals surface area contributed by atoms with E-state index in [0.29, 0.717) is 13.2 Å². The molecular weight excluding hydrogens is 318 g/mol. The van der Waals surface area contributed by atoms with Crippen molar-refractivity contribution in [1.29, 1.82) is 0 Å². The Morgan fingerprint density at radius 3 is 2.90 bits per heavy atom. The minimum Gasteiger partial charge on any atom is -0.467 e. The van der Waals surface area contributed by atoms with Crippen LogP contribution in [-0.4, -0.2) is 6.04 Å². The van der Waals surface area contributed by atoms with Gasteiger partial charge in [0.2, 0.25) is 0 Å². The van der Waals surface area contributed by atoms with Crippen LogP contribution in [0.3, 0.4) is 0 Å². The van der Waals surface area contributed by atoms with E-state index in [9.17, 15) is 0 Å². The normalized spacial score (nSPS) is 14.7. The van der Waals surface area contributed by atoms with Gasteiger partial charge in [-0.1, -0.05) is 28.1 Å². The first kappa shape index (κ1) is 13.9. The number of hydrogen-bond acceptors (Lipinski definition) is 3. The second-order valence-electron chi connectivity index (χ2n) is 5.20. The lowest BCUT2D eigenvalue weighted by atomic mass is 10.2. The van der Waals surface area contributed by atoms with E-state index < -0.39 is 0 Å². The summed E-state index contributed by atoms with van der Waals surface area (Å²) in [7, 11) is 0. The fraction of sp³-hybridized carbons (Fsp3) is 0.375. The van der Waals surface area contributed by atoms with Gasteiger partial charge in [-0.05, 0) is 36.6 Å². The van der Waals surface area contributed by atoms with Gasteiger partial charge in [-0.25, -0.2) is 0 Å². The van der Waals surface area contributed by atoms with Crippen LogP contribution >= 0.6 is 15.9 Å². The van der Waals surface area contributed by atoms with Crippen molar-refractivity contribution in [3.63, 3.8) is 0 Å². The fourth-order valence-electron chi connectivity index (χ4n) is 2.04. The minimum absolute atomic E-state index is 0.510. The van der Waals surface area contributed by atoms with Crippen molar-refractivity contribution in [2.45, 2.75) is 38.6 Å². The molecule has 1 aromatic heterocycles. The summed E-state index contributed by atoms with van der Waals surface area (Å²) in [5, 5.41) is 3.47. The number of rotatable bonds is 7. The van der Waals surface area contributed by atoms with Crippen LogP contribution in [0, 0.1) is 0 Å². The van der Waals surface area contributed by atoms with Crippen molar-refractivity contribution in [1.82, 2.24) is 5.32 Å². The zero-order chi connectivity index (χ0) is 13.8. The van der Waals surface area contributed by atoms with E-state index in [1.165, 1.54) is 18.4 Å². The average molecular weight is 336 g/mol. The van der Waals surface area contributed by atoms with Gasteiger partial charge in [-0.3, -0.25) is 0 Å². The van der Waals surface area contributed by atoms with E-state index in [-0.39, 0.29) is 0 Å². The second kappa shape index (κ2) is 6.57. The topological polar surface area (TPSA) is 34.4 Å². The van der Waals surface area contributed by atoms with Crippen molar-refractivity contribution in [2.75, 3.05) is 0 Å². The monoisotopic (exact) mass is 335 g/mol. The van der Waals surface area contributed by atoms with Crippen molar-refractivity contribution < 1.29 is 9.15 Å². The molecule has 0 saturated heterocycles. The highest BCUT2D eigenvalue weighted by Gasteiger charge is 2.20. The van der Waals surface area contributed by atoms with E-state index >= 15 is 0 Å². The van der Waals surface area contributed by atoms with Crippen molar-refractivity contribution >= 4 is 15.9 Å². The quantitative estimate of drug-likeness (QED) is 0.830. The number of nitrogens with one attached hydrogen (secondary N) is 1. The highest BCUT2D eigenvalue weighted by Crippen LogP contribution is 2.20. The first-order chi connectivity index (χ1) is 9.79. The van der Waals surface area contributed by atoms with E-state index in [4.69, 9.17) is 9.15 Å². The predicted octanol–water partition coefficient (Wildman–Crippen LogP) is 4.01. The van der Waals surface area contributed by atoms with Crippen LogP contribution in [-0.2, 0) is 24.5 Å². The molecule has 4 heteroatoms. The standard InChI is InChI=1S/C16H18BrNO2/c17-14-3-1-2-12(6-14)9-19-11-16-7-13(10-20-16)8-18-15-4-5-15/h1-3,6-7,10,15,18H,4-5,8-9,11H2. The number of halogens is 1. The second-order valence-corrected chi connectivity index (χ2v) is 6.11. The van der Waals surface area contributed by atoms with E-state index in [1.807, 2.05) is 18.4 Å². The highest BCUT2D eigenvalue weighted by molar-refractivity contribution is 9.10. The highest BCUT2D eigenvalue weighted by atomic mass is 79.9. The molecule has 0 amide bonds. The summed E-state index contributed by atoms with van der Waals surface area (Å²) in [5.74, 6) is 0.882. The fourth-order valence-corrected chi connectivity index (χ4v) is 2.49. The van der Waals surface area contributed by atoms with Crippen molar-refractivity contribution in [2.24, 2.45) is 0 Å². The molecule has 1 aliphatic carbocycles. The summed E-state index contributed by atoms with van der Waals surface area (Å²) in [5.41, 5.74) is 2.35. The first-order valence-corrected chi connectivity index (χ1v) is 7.71. The molecule has 3 rings (SSSR count). The van der Waals surface area contributed by atoms with Gasteiger partial charge in [-0.15, -0.1) is 0 Å². The van der Waals surface area contributed by atoms with Gasteiger partial charge in [0.25, 0.3) is 0 Å². The molecule has 1 aliphatic rings. The molecule has 0 radical (unpaired) electrons. The molecule has 1 saturated carbocycles. The molecule has 0 spiro atoms. The third-order valence-electron chi connectivity index (χ3n) is 3.28. The minimum atomic E-state index is 0.510. The molecule has 0 unspecified atom stereocenters. The van der Waals surface area contributed by atoms with Crippen molar-refractivity contribution in [3.05, 3.63) is 58.0 Å². The summed E-state index contributed by atoms with van der Waals surface area (Å²) in [4.78, 5) is 0. The predicted molar refractivity (Wildman–Crippen MR) is 81.2 cm³/mol. The summed E-state index contributed by atoms with van der Waals surface area (Å²) in [6.45, 7) is 1.99. The maximum Gasteiger partial charge on any atom is 0.129 e. The number of furan rings is 1. The Balaban J connectivity index is 1.43. The third kappa shape index (κ3) is 4.20. The summed E-state index contributed by atoms with van der Waals surface area (Å²) < 4.78 is 12.3. The first-order valence-electron chi connectivity index (χ1n) is 6.91. The maximum absolute atomic E-state index is 5.68. The van der Waals surface area contributed by atoms with Crippen LogP contribution in [0.25, 0.3) is 0 Å². The Labute approximate surface area is 127 Å². The van der Waals surface area contributed by atoms with Gasteiger partial charge in [-0.2, -0.15) is 0 Å². The third-order valence-corrected chi connectivity index (χ3v) is 3.78. The Hall–Kier alpha value is -1.10. The van der Waals surface area contributed by atoms with E-state index in [1.54, 1.807) is 0 Å². The molecule has 1 heterocycles. The van der Waals surface area contributed by atoms with Gasteiger partial charge in [0, 0.05) is 22.6 Å². The summed E-state index contributed by atoms with van der Waals surface area (Å²) in [6, 6.07) is 10.9. The SMILES string of the molecule is Brc1cccc(COCc2cc(CNC3CC3)co2)c1. The van der Waals surface area contributed by atoms with Gasteiger partial charge in [0.15, 0.2) is 0 Å². The van der Waals surface area contributed by atoms with E-state index in [0.717, 1.165) is 28.4 Å². The summed E-state index contributed by atoms with van der Waals surface area (Å²) >= 11 is 3.46. The Morgan fingerprint density at radius 1 is 1.20 bits per heavy atom. The Bertz CT molecular complexity index is 563. The lowest BCUT2D eigenvalue weighted by Gasteiger charge is -2.02. The smallest absolute Gasteiger partial charge is 0.129 e. The largest absolute Gasteiger partial charge is 0.467 e. The molecule has 1 aromatic carbocycles. The van der Waals surface area contributed by atoms with Gasteiger partial charge in [0.05, 0.1) is 12.9 Å².